The molecule has 0 radical (unpaired) electrons. The average molecular weight is 312 g/mol. The van der Waals surface area contributed by atoms with Crippen LogP contribution in [-0.4, -0.2) is 17.7 Å². The third kappa shape index (κ3) is 4.35. The third-order valence-electron chi connectivity index (χ3n) is 3.97. The van der Waals surface area contributed by atoms with Crippen LogP contribution < -0.4 is 10.5 Å². The molecule has 1 atom stereocenters. The molecule has 1 aliphatic carbocycles. The van der Waals surface area contributed by atoms with E-state index in [0.29, 0.717) is 29.7 Å². The van der Waals surface area contributed by atoms with Gasteiger partial charge in [-0.1, -0.05) is 24.1 Å². The van der Waals surface area contributed by atoms with Crippen LogP contribution >= 0.6 is 11.6 Å². The summed E-state index contributed by atoms with van der Waals surface area (Å²) in [5.74, 6) is 0.374. The summed E-state index contributed by atoms with van der Waals surface area (Å²) in [7, 11) is 0. The first-order chi connectivity index (χ1) is 9.97. The van der Waals surface area contributed by atoms with E-state index in [1.807, 2.05) is 19.1 Å². The number of carbonyl (C=O) groups is 1. The van der Waals surface area contributed by atoms with Crippen molar-refractivity contribution in [2.45, 2.75) is 45.1 Å². The molecule has 1 aliphatic rings. The molecular formula is C16H22ClNO3. The second-order valence-electron chi connectivity index (χ2n) is 5.81. The van der Waals surface area contributed by atoms with Crippen LogP contribution in [-0.2, 0) is 4.79 Å². The summed E-state index contributed by atoms with van der Waals surface area (Å²) in [6.45, 7) is 2.59. The van der Waals surface area contributed by atoms with Crippen molar-refractivity contribution in [1.29, 1.82) is 0 Å². The number of hydrogen-bond donors (Lipinski definition) is 2. The maximum atomic E-state index is 10.7. The molecule has 1 saturated carbocycles. The van der Waals surface area contributed by atoms with Crippen LogP contribution in [0.2, 0.25) is 5.02 Å². The molecule has 0 heterocycles. The van der Waals surface area contributed by atoms with E-state index in [1.54, 1.807) is 0 Å². The maximum absolute atomic E-state index is 10.7. The molecule has 1 fully saturated rings. The molecule has 0 aliphatic heterocycles. The van der Waals surface area contributed by atoms with Gasteiger partial charge in [0.05, 0.1) is 11.6 Å². The van der Waals surface area contributed by atoms with Crippen molar-refractivity contribution in [2.75, 3.05) is 6.61 Å². The molecule has 0 amide bonds. The van der Waals surface area contributed by atoms with Crippen LogP contribution in [0.3, 0.4) is 0 Å². The quantitative estimate of drug-likeness (QED) is 0.805. The minimum atomic E-state index is -0.846. The Labute approximate surface area is 130 Å². The van der Waals surface area contributed by atoms with Crippen LogP contribution in [0.5, 0.6) is 5.75 Å². The van der Waals surface area contributed by atoms with Gasteiger partial charge in [0.1, 0.15) is 5.75 Å². The minimum Gasteiger partial charge on any atom is -0.491 e. The Morgan fingerprint density at radius 1 is 1.52 bits per heavy atom. The first kappa shape index (κ1) is 16.1. The molecule has 21 heavy (non-hydrogen) atoms. The zero-order valence-corrected chi connectivity index (χ0v) is 13.0. The van der Waals surface area contributed by atoms with Gasteiger partial charge in [0.2, 0.25) is 0 Å². The molecule has 1 aromatic carbocycles. The highest BCUT2D eigenvalue weighted by Gasteiger charge is 2.21. The average Bonchev–Trinajstić information content (AvgIpc) is 2.35. The third-order valence-corrected chi connectivity index (χ3v) is 4.25. The molecule has 0 aromatic heterocycles. The molecule has 1 unspecified atom stereocenters. The van der Waals surface area contributed by atoms with E-state index in [1.165, 1.54) is 19.3 Å². The fourth-order valence-corrected chi connectivity index (χ4v) is 2.81. The van der Waals surface area contributed by atoms with Gasteiger partial charge in [0.25, 0.3) is 0 Å². The number of benzene rings is 1. The van der Waals surface area contributed by atoms with Crippen LogP contribution in [0.25, 0.3) is 0 Å². The molecule has 5 heteroatoms. The van der Waals surface area contributed by atoms with Crippen molar-refractivity contribution in [1.82, 2.24) is 0 Å². The highest BCUT2D eigenvalue weighted by molar-refractivity contribution is 6.32. The Kier molecular flexibility index (Phi) is 5.48. The van der Waals surface area contributed by atoms with Gasteiger partial charge in [-0.2, -0.15) is 0 Å². The Morgan fingerprint density at radius 2 is 2.24 bits per heavy atom. The van der Waals surface area contributed by atoms with E-state index in [-0.39, 0.29) is 12.5 Å². The number of ether oxygens (including phenoxy) is 1. The van der Waals surface area contributed by atoms with Crippen LogP contribution in [0.15, 0.2) is 12.1 Å². The molecule has 0 spiro atoms. The number of hydrogen-bond acceptors (Lipinski definition) is 3. The SMILES string of the molecule is Cc1cc(Cl)c(OCC2CCC2)c(C(N)CCC(=O)O)c1. The zero-order chi connectivity index (χ0) is 15.4. The lowest BCUT2D eigenvalue weighted by Gasteiger charge is -2.27. The van der Waals surface area contributed by atoms with Crippen LogP contribution in [0, 0.1) is 12.8 Å². The second kappa shape index (κ2) is 7.14. The smallest absolute Gasteiger partial charge is 0.303 e. The summed E-state index contributed by atoms with van der Waals surface area (Å²) in [5.41, 5.74) is 7.94. The first-order valence-electron chi connectivity index (χ1n) is 7.37. The number of aliphatic carboxylic acids is 1. The lowest BCUT2D eigenvalue weighted by Crippen LogP contribution is -2.21. The minimum absolute atomic E-state index is 0.0365. The topological polar surface area (TPSA) is 72.5 Å². The van der Waals surface area contributed by atoms with Crippen molar-refractivity contribution in [3.05, 3.63) is 28.3 Å². The Morgan fingerprint density at radius 3 is 2.81 bits per heavy atom. The van der Waals surface area contributed by atoms with Gasteiger partial charge < -0.3 is 15.6 Å². The molecule has 116 valence electrons. The van der Waals surface area contributed by atoms with Gasteiger partial charge in [0.15, 0.2) is 0 Å². The van der Waals surface area contributed by atoms with E-state index in [9.17, 15) is 4.79 Å². The molecule has 3 N–H and O–H groups in total. The van der Waals surface area contributed by atoms with E-state index < -0.39 is 5.97 Å². The summed E-state index contributed by atoms with van der Waals surface area (Å²) in [5, 5.41) is 9.34. The number of nitrogens with two attached hydrogens (primary N) is 1. The van der Waals surface area contributed by atoms with Crippen molar-refractivity contribution in [2.24, 2.45) is 11.7 Å². The summed E-state index contributed by atoms with van der Waals surface area (Å²) in [4.78, 5) is 10.7. The van der Waals surface area contributed by atoms with E-state index in [4.69, 9.17) is 27.2 Å². The molecule has 1 aromatic rings. The van der Waals surface area contributed by atoms with Crippen LogP contribution in [0.1, 0.15) is 49.3 Å². The monoisotopic (exact) mass is 311 g/mol. The summed E-state index contributed by atoms with van der Waals surface area (Å²) >= 11 is 6.29. The highest BCUT2D eigenvalue weighted by atomic mass is 35.5. The van der Waals surface area contributed by atoms with Crippen molar-refractivity contribution < 1.29 is 14.6 Å². The fraction of sp³-hybridized carbons (Fsp3) is 0.562. The van der Waals surface area contributed by atoms with Crippen LogP contribution in [0.4, 0.5) is 0 Å². The first-order valence-corrected chi connectivity index (χ1v) is 7.75. The summed E-state index contributed by atoms with van der Waals surface area (Å²) in [6, 6.07) is 3.41. The largest absolute Gasteiger partial charge is 0.491 e. The zero-order valence-electron chi connectivity index (χ0n) is 12.3. The van der Waals surface area contributed by atoms with E-state index in [2.05, 4.69) is 0 Å². The summed E-state index contributed by atoms with van der Waals surface area (Å²) < 4.78 is 5.90. The van der Waals surface area contributed by atoms with Gasteiger partial charge >= 0.3 is 5.97 Å². The Bertz CT molecular complexity index is 514. The lowest BCUT2D eigenvalue weighted by atomic mass is 9.86. The van der Waals surface area contributed by atoms with Gasteiger partial charge in [0, 0.05) is 18.0 Å². The predicted molar refractivity (Wildman–Crippen MR) is 82.8 cm³/mol. The molecular weight excluding hydrogens is 290 g/mol. The lowest BCUT2D eigenvalue weighted by molar-refractivity contribution is -0.137. The predicted octanol–water partition coefficient (Wildman–Crippen LogP) is 3.69. The highest BCUT2D eigenvalue weighted by Crippen LogP contribution is 2.36. The normalized spacial score (nSPS) is 16.3. The Hall–Kier alpha value is -1.26. The standard InChI is InChI=1S/C16H22ClNO3/c1-10-7-12(14(18)5-6-15(19)20)16(13(17)8-10)21-9-11-3-2-4-11/h7-8,11,14H,2-6,9,18H2,1H3,(H,19,20). The number of aryl methyl sites for hydroxylation is 1. The number of carboxylic acid groups (broad SMARTS) is 1. The molecule has 0 bridgehead atoms. The van der Waals surface area contributed by atoms with Crippen molar-refractivity contribution in [3.8, 4) is 5.75 Å². The molecule has 0 saturated heterocycles. The fourth-order valence-electron chi connectivity index (χ4n) is 2.48. The van der Waals surface area contributed by atoms with E-state index >= 15 is 0 Å². The van der Waals surface area contributed by atoms with Gasteiger partial charge in [-0.15, -0.1) is 0 Å². The number of rotatable bonds is 7. The number of halogens is 1. The molecule has 2 rings (SSSR count). The summed E-state index contributed by atoms with van der Waals surface area (Å²) in [6.07, 6.45) is 4.07. The Balaban J connectivity index is 2.13. The van der Waals surface area contributed by atoms with Crippen molar-refractivity contribution in [3.63, 3.8) is 0 Å². The van der Waals surface area contributed by atoms with Gasteiger partial charge in [-0.3, -0.25) is 4.79 Å². The number of carboxylic acids is 1. The van der Waals surface area contributed by atoms with Gasteiger partial charge in [-0.05, 0) is 43.7 Å². The van der Waals surface area contributed by atoms with Crippen molar-refractivity contribution >= 4 is 17.6 Å². The van der Waals surface area contributed by atoms with E-state index in [0.717, 1.165) is 11.1 Å². The maximum Gasteiger partial charge on any atom is 0.303 e. The molecule has 4 nitrogen and oxygen atoms in total. The van der Waals surface area contributed by atoms with Gasteiger partial charge in [-0.25, -0.2) is 0 Å². The second-order valence-corrected chi connectivity index (χ2v) is 6.22.